The number of hydrogen-bond acceptors (Lipinski definition) is 5. The Morgan fingerprint density at radius 1 is 1.03 bits per heavy atom. The van der Waals surface area contributed by atoms with Crippen LogP contribution in [-0.4, -0.2) is 21.7 Å². The standard InChI is InChI=1S/C20H16F3N5O/c1-29-18-4-2-3-14(21)13(18)9-25-19-6-5-11(20-27-26-10-28(19)20)12-7-16(23)17(24)8-15(12)22/h2-8,10,25H,9,24H2,1H3. The van der Waals surface area contributed by atoms with Crippen molar-refractivity contribution in [3.63, 3.8) is 0 Å². The van der Waals surface area contributed by atoms with E-state index < -0.39 is 17.5 Å². The van der Waals surface area contributed by atoms with Crippen molar-refractivity contribution in [1.82, 2.24) is 14.6 Å². The minimum absolute atomic E-state index is 0.0111. The Morgan fingerprint density at radius 2 is 1.86 bits per heavy atom. The number of aromatic nitrogens is 3. The predicted molar refractivity (Wildman–Crippen MR) is 103 cm³/mol. The summed E-state index contributed by atoms with van der Waals surface area (Å²) in [5.74, 6) is -0.865. The van der Waals surface area contributed by atoms with Crippen LogP contribution in [-0.2, 0) is 6.54 Å². The second-order valence-electron chi connectivity index (χ2n) is 6.28. The molecule has 0 fully saturated rings. The summed E-state index contributed by atoms with van der Waals surface area (Å²) in [4.78, 5) is 0. The number of ether oxygens (including phenoxy) is 1. The zero-order valence-electron chi connectivity index (χ0n) is 15.3. The van der Waals surface area contributed by atoms with Crippen LogP contribution in [0.4, 0.5) is 24.7 Å². The molecule has 3 N–H and O–H groups in total. The molecule has 0 saturated carbocycles. The van der Waals surface area contributed by atoms with Gasteiger partial charge in [-0.2, -0.15) is 0 Å². The summed E-state index contributed by atoms with van der Waals surface area (Å²) in [6, 6.07) is 9.74. The van der Waals surface area contributed by atoms with E-state index >= 15 is 0 Å². The van der Waals surface area contributed by atoms with E-state index in [0.29, 0.717) is 28.3 Å². The van der Waals surface area contributed by atoms with Crippen LogP contribution in [0.3, 0.4) is 0 Å². The molecule has 0 atom stereocenters. The van der Waals surface area contributed by atoms with Gasteiger partial charge in [0.25, 0.3) is 0 Å². The first-order valence-corrected chi connectivity index (χ1v) is 8.62. The summed E-state index contributed by atoms with van der Waals surface area (Å²) in [5.41, 5.74) is 6.15. The molecule has 0 aliphatic rings. The maximum absolute atomic E-state index is 14.4. The summed E-state index contributed by atoms with van der Waals surface area (Å²) in [7, 11) is 1.46. The number of anilines is 2. The number of methoxy groups -OCH3 is 1. The zero-order chi connectivity index (χ0) is 20.5. The molecule has 0 aliphatic carbocycles. The minimum Gasteiger partial charge on any atom is -0.496 e. The van der Waals surface area contributed by atoms with Gasteiger partial charge in [-0.3, -0.25) is 4.40 Å². The fourth-order valence-electron chi connectivity index (χ4n) is 3.12. The first kappa shape index (κ1) is 18.6. The molecule has 0 saturated heterocycles. The number of nitrogens with two attached hydrogens (primary N) is 1. The van der Waals surface area contributed by atoms with Crippen molar-refractivity contribution in [2.24, 2.45) is 0 Å². The first-order chi connectivity index (χ1) is 14.0. The minimum atomic E-state index is -0.729. The Labute approximate surface area is 163 Å². The van der Waals surface area contributed by atoms with Crippen LogP contribution in [0.25, 0.3) is 16.8 Å². The molecule has 6 nitrogen and oxygen atoms in total. The maximum Gasteiger partial charge on any atom is 0.170 e. The lowest BCUT2D eigenvalue weighted by Crippen LogP contribution is -2.07. The fraction of sp³-hybridized carbons (Fsp3) is 0.100. The highest BCUT2D eigenvalue weighted by molar-refractivity contribution is 5.80. The van der Waals surface area contributed by atoms with Crippen molar-refractivity contribution in [3.05, 3.63) is 71.8 Å². The second kappa shape index (κ2) is 7.34. The average molecular weight is 399 g/mol. The fourth-order valence-corrected chi connectivity index (χ4v) is 3.12. The van der Waals surface area contributed by atoms with Crippen molar-refractivity contribution < 1.29 is 17.9 Å². The third-order valence-corrected chi connectivity index (χ3v) is 4.57. The number of nitrogens with one attached hydrogen (secondary N) is 1. The number of nitrogens with zero attached hydrogens (tertiary/aromatic N) is 3. The summed E-state index contributed by atoms with van der Waals surface area (Å²) < 4.78 is 49.2. The van der Waals surface area contributed by atoms with Gasteiger partial charge in [0.2, 0.25) is 0 Å². The number of nitrogen functional groups attached to an aromatic ring is 1. The molecule has 148 valence electrons. The van der Waals surface area contributed by atoms with Crippen molar-refractivity contribution in [2.75, 3.05) is 18.2 Å². The van der Waals surface area contributed by atoms with Crippen LogP contribution in [0.2, 0.25) is 0 Å². The van der Waals surface area contributed by atoms with Gasteiger partial charge in [-0.15, -0.1) is 10.2 Å². The summed E-state index contributed by atoms with van der Waals surface area (Å²) in [6.07, 6.45) is 1.42. The van der Waals surface area contributed by atoms with Crippen LogP contribution in [0.5, 0.6) is 5.75 Å². The van der Waals surface area contributed by atoms with E-state index in [4.69, 9.17) is 10.5 Å². The molecular formula is C20H16F3N5O. The van der Waals surface area contributed by atoms with E-state index in [0.717, 1.165) is 12.1 Å². The molecule has 2 aromatic heterocycles. The number of benzene rings is 2. The van der Waals surface area contributed by atoms with E-state index in [1.54, 1.807) is 28.7 Å². The summed E-state index contributed by atoms with van der Waals surface area (Å²) in [5, 5.41) is 11.0. The highest BCUT2D eigenvalue weighted by Gasteiger charge is 2.16. The molecule has 9 heteroatoms. The third kappa shape index (κ3) is 3.31. The Balaban J connectivity index is 1.72. The van der Waals surface area contributed by atoms with Crippen LogP contribution in [0, 0.1) is 17.5 Å². The molecule has 0 spiro atoms. The van der Waals surface area contributed by atoms with Crippen LogP contribution in [0.1, 0.15) is 5.56 Å². The molecule has 0 amide bonds. The number of pyridine rings is 1. The molecule has 4 aromatic rings. The van der Waals surface area contributed by atoms with Crippen LogP contribution < -0.4 is 15.8 Å². The largest absolute Gasteiger partial charge is 0.496 e. The normalized spacial score (nSPS) is 11.0. The van der Waals surface area contributed by atoms with Crippen molar-refractivity contribution in [3.8, 4) is 16.9 Å². The smallest absolute Gasteiger partial charge is 0.170 e. The SMILES string of the molecule is COc1cccc(F)c1CNc1ccc(-c2cc(F)c(N)cc2F)c2nncn12. The molecule has 0 aliphatic heterocycles. The Kier molecular flexibility index (Phi) is 4.71. The van der Waals surface area contributed by atoms with E-state index in [1.807, 2.05) is 0 Å². The summed E-state index contributed by atoms with van der Waals surface area (Å²) in [6.45, 7) is 0.132. The maximum atomic E-state index is 14.4. The molecule has 0 bridgehead atoms. The van der Waals surface area contributed by atoms with E-state index in [-0.39, 0.29) is 17.8 Å². The highest BCUT2D eigenvalue weighted by atomic mass is 19.1. The Bertz CT molecular complexity index is 1210. The molecule has 4 rings (SSSR count). The number of hydrogen-bond donors (Lipinski definition) is 2. The van der Waals surface area contributed by atoms with Crippen LogP contribution >= 0.6 is 0 Å². The average Bonchev–Trinajstić information content (AvgIpc) is 3.20. The van der Waals surface area contributed by atoms with Gasteiger partial charge in [0, 0.05) is 29.3 Å². The van der Waals surface area contributed by atoms with Gasteiger partial charge in [-0.1, -0.05) is 6.07 Å². The van der Waals surface area contributed by atoms with Gasteiger partial charge < -0.3 is 15.8 Å². The third-order valence-electron chi connectivity index (χ3n) is 4.57. The van der Waals surface area contributed by atoms with Crippen molar-refractivity contribution in [1.29, 1.82) is 0 Å². The lowest BCUT2D eigenvalue weighted by molar-refractivity contribution is 0.405. The number of halogens is 3. The number of fused-ring (bicyclic) bond motifs is 1. The molecule has 0 radical (unpaired) electrons. The van der Waals surface area contributed by atoms with E-state index in [2.05, 4.69) is 15.5 Å². The lowest BCUT2D eigenvalue weighted by atomic mass is 10.1. The molecule has 0 unspecified atom stereocenters. The van der Waals surface area contributed by atoms with E-state index in [9.17, 15) is 13.2 Å². The molecule has 29 heavy (non-hydrogen) atoms. The molecular weight excluding hydrogens is 383 g/mol. The van der Waals surface area contributed by atoms with Gasteiger partial charge in [-0.25, -0.2) is 13.2 Å². The monoisotopic (exact) mass is 399 g/mol. The predicted octanol–water partition coefficient (Wildman–Crippen LogP) is 4.02. The van der Waals surface area contributed by atoms with Gasteiger partial charge in [0.05, 0.1) is 12.8 Å². The van der Waals surface area contributed by atoms with Crippen molar-refractivity contribution in [2.45, 2.75) is 6.54 Å². The Hall–Kier alpha value is -3.75. The van der Waals surface area contributed by atoms with E-state index in [1.165, 1.54) is 19.5 Å². The molecule has 2 aromatic carbocycles. The zero-order valence-corrected chi connectivity index (χ0v) is 15.3. The van der Waals surface area contributed by atoms with Gasteiger partial charge in [-0.05, 0) is 30.3 Å². The Morgan fingerprint density at radius 3 is 2.66 bits per heavy atom. The molecule has 2 heterocycles. The quantitative estimate of drug-likeness (QED) is 0.496. The van der Waals surface area contributed by atoms with Gasteiger partial charge >= 0.3 is 0 Å². The second-order valence-corrected chi connectivity index (χ2v) is 6.28. The van der Waals surface area contributed by atoms with Crippen molar-refractivity contribution >= 4 is 17.2 Å². The number of rotatable bonds is 5. The summed E-state index contributed by atoms with van der Waals surface area (Å²) >= 11 is 0. The van der Waals surface area contributed by atoms with Crippen LogP contribution in [0.15, 0.2) is 48.8 Å². The lowest BCUT2D eigenvalue weighted by Gasteiger charge is -2.14. The van der Waals surface area contributed by atoms with Gasteiger partial charge in [0.1, 0.15) is 35.3 Å². The van der Waals surface area contributed by atoms with Gasteiger partial charge in [0.15, 0.2) is 5.65 Å². The first-order valence-electron chi connectivity index (χ1n) is 8.62. The highest BCUT2D eigenvalue weighted by Crippen LogP contribution is 2.31. The topological polar surface area (TPSA) is 77.5 Å².